The summed E-state index contributed by atoms with van der Waals surface area (Å²) in [6, 6.07) is 6.15. The third-order valence-electron chi connectivity index (χ3n) is 6.44. The fourth-order valence-corrected chi connectivity index (χ4v) is 4.65. The maximum absolute atomic E-state index is 13.9. The predicted octanol–water partition coefficient (Wildman–Crippen LogP) is 6.38. The number of fused-ring (bicyclic) bond motifs is 1. The molecule has 0 spiro atoms. The number of phenolic OH excluding ortho intramolecular Hbond substituents is 1. The minimum Gasteiger partial charge on any atom is -0.504 e. The van der Waals surface area contributed by atoms with E-state index in [2.05, 4.69) is 15.3 Å². The maximum Gasteiger partial charge on any atom is 0.410 e. The van der Waals surface area contributed by atoms with Crippen molar-refractivity contribution in [1.29, 1.82) is 0 Å². The number of piperidine rings is 1. The van der Waals surface area contributed by atoms with Crippen LogP contribution in [-0.2, 0) is 4.74 Å². The molecule has 0 aliphatic carbocycles. The van der Waals surface area contributed by atoms with Crippen molar-refractivity contribution < 1.29 is 23.4 Å². The van der Waals surface area contributed by atoms with Crippen LogP contribution in [0.2, 0.25) is 0 Å². The fraction of sp³-hybridized carbons (Fsp3) is 0.448. The number of hydrogen-bond donors (Lipinski definition) is 2. The average molecular weight is 551 g/mol. The van der Waals surface area contributed by atoms with E-state index in [1.165, 1.54) is 6.07 Å². The van der Waals surface area contributed by atoms with Gasteiger partial charge in [0.1, 0.15) is 22.8 Å². The first-order valence-electron chi connectivity index (χ1n) is 13.4. The Balaban J connectivity index is 1.41. The normalized spacial score (nSPS) is 15.0. The molecule has 3 aromatic heterocycles. The lowest BCUT2D eigenvalue weighted by Crippen LogP contribution is -2.42. The summed E-state index contributed by atoms with van der Waals surface area (Å²) in [7, 11) is 0. The Hall–Kier alpha value is -4.15. The molecule has 5 rings (SSSR count). The molecule has 10 nitrogen and oxygen atoms in total. The van der Waals surface area contributed by atoms with Gasteiger partial charge in [-0.05, 0) is 66.5 Å². The van der Waals surface area contributed by atoms with Crippen molar-refractivity contribution in [2.75, 3.05) is 18.4 Å². The molecule has 4 heterocycles. The average Bonchev–Trinajstić information content (AvgIpc) is 3.50. The van der Waals surface area contributed by atoms with E-state index in [1.807, 2.05) is 64.6 Å². The predicted molar refractivity (Wildman–Crippen MR) is 150 cm³/mol. The molecule has 1 aliphatic heterocycles. The highest BCUT2D eigenvalue weighted by molar-refractivity contribution is 5.84. The number of benzene rings is 1. The van der Waals surface area contributed by atoms with Gasteiger partial charge < -0.3 is 24.5 Å². The molecule has 40 heavy (non-hydrogen) atoms. The summed E-state index contributed by atoms with van der Waals surface area (Å²) in [6.45, 7) is 12.8. The number of carbonyl (C=O) groups is 1. The lowest BCUT2D eigenvalue weighted by Gasteiger charge is -2.33. The monoisotopic (exact) mass is 550 g/mol. The highest BCUT2D eigenvalue weighted by atomic mass is 19.1. The molecule has 4 aromatic rings. The van der Waals surface area contributed by atoms with E-state index in [0.717, 1.165) is 30.2 Å². The molecule has 1 amide bonds. The Morgan fingerprint density at radius 3 is 2.55 bits per heavy atom. The Morgan fingerprint density at radius 2 is 1.88 bits per heavy atom. The number of pyridine rings is 1. The highest BCUT2D eigenvalue weighted by Gasteiger charge is 2.28. The summed E-state index contributed by atoms with van der Waals surface area (Å²) in [6.07, 6.45) is 4.91. The van der Waals surface area contributed by atoms with Crippen LogP contribution in [-0.4, -0.2) is 60.1 Å². The van der Waals surface area contributed by atoms with Gasteiger partial charge in [-0.15, -0.1) is 0 Å². The van der Waals surface area contributed by atoms with Crippen LogP contribution in [0.1, 0.15) is 60.4 Å². The molecule has 2 N–H and O–H groups in total. The van der Waals surface area contributed by atoms with Crippen molar-refractivity contribution >= 4 is 23.0 Å². The van der Waals surface area contributed by atoms with E-state index in [4.69, 9.17) is 14.3 Å². The van der Waals surface area contributed by atoms with Gasteiger partial charge in [-0.2, -0.15) is 5.10 Å². The van der Waals surface area contributed by atoms with Gasteiger partial charge >= 0.3 is 6.09 Å². The molecule has 1 aliphatic rings. The molecule has 1 aromatic carbocycles. The number of anilines is 1. The molecule has 0 radical (unpaired) electrons. The second-order valence-corrected chi connectivity index (χ2v) is 12.2. The zero-order valence-corrected chi connectivity index (χ0v) is 23.7. The third kappa shape index (κ3) is 6.03. The number of likely N-dealkylation sites (tertiary alicyclic amines) is 1. The summed E-state index contributed by atoms with van der Waals surface area (Å²) < 4.78 is 27.2. The van der Waals surface area contributed by atoms with E-state index >= 15 is 0 Å². The van der Waals surface area contributed by atoms with Gasteiger partial charge in [0.05, 0.1) is 17.3 Å². The number of nitrogens with zero attached hydrogens (tertiary/aromatic N) is 5. The van der Waals surface area contributed by atoms with Gasteiger partial charge in [0.25, 0.3) is 0 Å². The molecule has 0 saturated carbocycles. The van der Waals surface area contributed by atoms with Crippen molar-refractivity contribution in [3.05, 3.63) is 42.5 Å². The molecular weight excluding hydrogens is 515 g/mol. The summed E-state index contributed by atoms with van der Waals surface area (Å²) in [5.41, 5.74) is 1.51. The van der Waals surface area contributed by atoms with Crippen LogP contribution in [0.3, 0.4) is 0 Å². The van der Waals surface area contributed by atoms with Gasteiger partial charge in [0, 0.05) is 48.7 Å². The second kappa shape index (κ2) is 10.1. The number of oxazole rings is 1. The van der Waals surface area contributed by atoms with Crippen molar-refractivity contribution in [3.63, 3.8) is 0 Å². The molecule has 1 saturated heterocycles. The van der Waals surface area contributed by atoms with Crippen LogP contribution in [0.5, 0.6) is 5.75 Å². The van der Waals surface area contributed by atoms with E-state index in [0.29, 0.717) is 24.5 Å². The zero-order chi connectivity index (χ0) is 28.8. The Morgan fingerprint density at radius 1 is 1.15 bits per heavy atom. The molecular formula is C29H35FN6O4. The lowest BCUT2D eigenvalue weighted by molar-refractivity contribution is 0.0185. The topological polar surface area (TPSA) is 119 Å². The van der Waals surface area contributed by atoms with Crippen LogP contribution in [0, 0.1) is 5.82 Å². The number of phenols is 1. The number of rotatable bonds is 4. The maximum atomic E-state index is 13.9. The summed E-state index contributed by atoms with van der Waals surface area (Å²) in [5.74, 6) is -0.186. The van der Waals surface area contributed by atoms with Crippen LogP contribution in [0.15, 0.2) is 41.1 Å². The molecule has 0 bridgehead atoms. The minimum absolute atomic E-state index is 0.102. The minimum atomic E-state index is -0.604. The first-order chi connectivity index (χ1) is 18.8. The Bertz CT molecular complexity index is 1540. The molecule has 11 heteroatoms. The highest BCUT2D eigenvalue weighted by Crippen LogP contribution is 2.36. The van der Waals surface area contributed by atoms with Gasteiger partial charge in [-0.3, -0.25) is 4.68 Å². The number of carbonyl (C=O) groups excluding carboxylic acids is 1. The van der Waals surface area contributed by atoms with Crippen LogP contribution < -0.4 is 5.32 Å². The molecule has 0 atom stereocenters. The third-order valence-corrected chi connectivity index (χ3v) is 6.44. The first kappa shape index (κ1) is 27.4. The second-order valence-electron chi connectivity index (χ2n) is 12.2. The zero-order valence-electron chi connectivity index (χ0n) is 23.7. The van der Waals surface area contributed by atoms with Gasteiger partial charge in [-0.1, -0.05) is 0 Å². The summed E-state index contributed by atoms with van der Waals surface area (Å²) in [4.78, 5) is 23.3. The van der Waals surface area contributed by atoms with Gasteiger partial charge in [-0.25, -0.2) is 19.2 Å². The van der Waals surface area contributed by atoms with Gasteiger partial charge in [0.2, 0.25) is 5.89 Å². The van der Waals surface area contributed by atoms with E-state index in [1.54, 1.807) is 11.1 Å². The summed E-state index contributed by atoms with van der Waals surface area (Å²) >= 11 is 0. The number of ether oxygens (including phenoxy) is 1. The first-order valence-corrected chi connectivity index (χ1v) is 13.4. The number of aromatic hydroxyl groups is 1. The number of amides is 1. The number of aromatic nitrogens is 4. The standard InChI is InChI=1S/C29H35FN6O4/c1-28(2,3)33-25-20(26-32-22-14-18(30)15-23(37)24(22)39-26)13-17(16-31-25)21-9-12-36(34-21)19-7-10-35(11-8-19)27(38)40-29(4,5)6/h9,12-16,19,37H,7-8,10-11H2,1-6H3,(H,31,33). The summed E-state index contributed by atoms with van der Waals surface area (Å²) in [5, 5.41) is 18.4. The lowest BCUT2D eigenvalue weighted by atomic mass is 10.1. The van der Waals surface area contributed by atoms with Crippen molar-refractivity contribution in [2.45, 2.75) is 71.6 Å². The molecule has 212 valence electrons. The van der Waals surface area contributed by atoms with Crippen LogP contribution >= 0.6 is 0 Å². The SMILES string of the molecule is CC(C)(C)Nc1ncc(-c2ccn(C3CCN(C(=O)OC(C)(C)C)CC3)n2)cc1-c1nc2cc(F)cc(O)c2o1. The van der Waals surface area contributed by atoms with E-state index in [-0.39, 0.29) is 40.4 Å². The molecule has 1 fully saturated rings. The van der Waals surface area contributed by atoms with Gasteiger partial charge in [0.15, 0.2) is 11.3 Å². The fourth-order valence-electron chi connectivity index (χ4n) is 4.65. The van der Waals surface area contributed by atoms with Crippen LogP contribution in [0.25, 0.3) is 33.8 Å². The van der Waals surface area contributed by atoms with Crippen molar-refractivity contribution in [2.24, 2.45) is 0 Å². The van der Waals surface area contributed by atoms with E-state index < -0.39 is 11.4 Å². The number of halogens is 1. The Labute approximate surface area is 232 Å². The van der Waals surface area contributed by atoms with Crippen LogP contribution in [0.4, 0.5) is 15.0 Å². The molecule has 0 unspecified atom stereocenters. The smallest absolute Gasteiger partial charge is 0.410 e. The quantitative estimate of drug-likeness (QED) is 0.300. The van der Waals surface area contributed by atoms with Crippen molar-refractivity contribution in [3.8, 4) is 28.5 Å². The number of nitrogens with one attached hydrogen (secondary N) is 1. The Kier molecular flexibility index (Phi) is 6.93. The number of hydrogen-bond acceptors (Lipinski definition) is 8. The largest absolute Gasteiger partial charge is 0.504 e. The van der Waals surface area contributed by atoms with E-state index in [9.17, 15) is 14.3 Å². The van der Waals surface area contributed by atoms with Crippen molar-refractivity contribution in [1.82, 2.24) is 24.6 Å².